The fraction of sp³-hybridized carbons (Fsp3) is 0.222. The van der Waals surface area contributed by atoms with Gasteiger partial charge in [0.15, 0.2) is 0 Å². The van der Waals surface area contributed by atoms with Gasteiger partial charge in [0.25, 0.3) is 5.91 Å². The number of amides is 1. The number of methoxy groups -OCH3 is 1. The molecule has 0 radical (unpaired) electrons. The van der Waals surface area contributed by atoms with Gasteiger partial charge in [-0.3, -0.25) is 4.79 Å². The first-order valence-corrected chi connectivity index (χ1v) is 10.8. The first kappa shape index (κ1) is 23.7. The Hall–Kier alpha value is -3.93. The summed E-state index contributed by atoms with van der Waals surface area (Å²) >= 11 is 0. The van der Waals surface area contributed by atoms with E-state index in [2.05, 4.69) is 5.32 Å². The van der Waals surface area contributed by atoms with Gasteiger partial charge in [-0.1, -0.05) is 61.9 Å². The van der Waals surface area contributed by atoms with E-state index in [4.69, 9.17) is 9.47 Å². The van der Waals surface area contributed by atoms with Crippen molar-refractivity contribution < 1.29 is 23.9 Å². The summed E-state index contributed by atoms with van der Waals surface area (Å²) in [5, 5.41) is 2.92. The average Bonchev–Trinajstić information content (AvgIpc) is 2.85. The minimum atomic E-state index is -1.22. The molecule has 0 bridgehead atoms. The molecule has 1 amide bonds. The highest BCUT2D eigenvalue weighted by molar-refractivity contribution is 5.98. The van der Waals surface area contributed by atoms with Gasteiger partial charge in [0.05, 0.1) is 12.7 Å². The summed E-state index contributed by atoms with van der Waals surface area (Å²) in [6.45, 7) is 1.94. The van der Waals surface area contributed by atoms with Crippen molar-refractivity contribution in [1.29, 1.82) is 0 Å². The lowest BCUT2D eigenvalue weighted by Gasteiger charge is -2.32. The molecule has 6 heteroatoms. The van der Waals surface area contributed by atoms with Crippen molar-refractivity contribution in [2.45, 2.75) is 31.7 Å². The van der Waals surface area contributed by atoms with E-state index in [9.17, 15) is 14.4 Å². The first-order chi connectivity index (χ1) is 16.0. The molecule has 6 nitrogen and oxygen atoms in total. The van der Waals surface area contributed by atoms with E-state index in [0.717, 1.165) is 5.56 Å². The number of rotatable bonds is 9. The van der Waals surface area contributed by atoms with Crippen molar-refractivity contribution in [2.75, 3.05) is 7.11 Å². The summed E-state index contributed by atoms with van der Waals surface area (Å²) < 4.78 is 10.5. The summed E-state index contributed by atoms with van der Waals surface area (Å²) in [7, 11) is 1.31. The molecule has 0 aliphatic carbocycles. The van der Waals surface area contributed by atoms with Crippen LogP contribution in [0.1, 0.15) is 46.0 Å². The molecule has 33 heavy (non-hydrogen) atoms. The molecule has 0 heterocycles. The van der Waals surface area contributed by atoms with Crippen LogP contribution in [0, 0.1) is 0 Å². The van der Waals surface area contributed by atoms with E-state index in [1.165, 1.54) is 7.11 Å². The molecule has 170 valence electrons. The Morgan fingerprint density at radius 3 is 1.94 bits per heavy atom. The van der Waals surface area contributed by atoms with Gasteiger partial charge in [-0.25, -0.2) is 9.59 Å². The smallest absolute Gasteiger partial charge is 0.343 e. The third kappa shape index (κ3) is 6.07. The van der Waals surface area contributed by atoms with Gasteiger partial charge in [-0.2, -0.15) is 0 Å². The molecular formula is C27H27NO5. The molecule has 1 N–H and O–H groups in total. The summed E-state index contributed by atoms with van der Waals surface area (Å²) in [5.74, 6) is -0.912. The molecular weight excluding hydrogens is 418 g/mol. The Morgan fingerprint density at radius 1 is 0.818 bits per heavy atom. The van der Waals surface area contributed by atoms with Crippen LogP contribution in [0.2, 0.25) is 0 Å². The molecule has 0 aliphatic rings. The largest absolute Gasteiger partial charge is 0.467 e. The van der Waals surface area contributed by atoms with Crippen molar-refractivity contribution in [3.63, 3.8) is 0 Å². The third-order valence-corrected chi connectivity index (χ3v) is 5.29. The van der Waals surface area contributed by atoms with Gasteiger partial charge in [0, 0.05) is 12.0 Å². The quantitative estimate of drug-likeness (QED) is 0.385. The van der Waals surface area contributed by atoms with Crippen LogP contribution >= 0.6 is 0 Å². The lowest BCUT2D eigenvalue weighted by Crippen LogP contribution is -2.56. The third-order valence-electron chi connectivity index (χ3n) is 5.29. The molecule has 3 aromatic rings. The number of nitrogens with one attached hydrogen (secondary N) is 1. The number of benzene rings is 3. The normalized spacial score (nSPS) is 12.3. The monoisotopic (exact) mass is 445 g/mol. The van der Waals surface area contributed by atoms with Crippen LogP contribution in [0.15, 0.2) is 84.9 Å². The Bertz CT molecular complexity index is 1080. The molecule has 0 aliphatic heterocycles. The maximum absolute atomic E-state index is 12.9. The molecule has 3 rings (SSSR count). The predicted molar refractivity (Wildman–Crippen MR) is 125 cm³/mol. The highest BCUT2D eigenvalue weighted by Crippen LogP contribution is 2.24. The zero-order valence-electron chi connectivity index (χ0n) is 18.7. The Kier molecular flexibility index (Phi) is 7.97. The summed E-state index contributed by atoms with van der Waals surface area (Å²) in [5.41, 5.74) is 0.489. The van der Waals surface area contributed by atoms with Gasteiger partial charge < -0.3 is 14.8 Å². The fourth-order valence-corrected chi connectivity index (χ4v) is 3.69. The van der Waals surface area contributed by atoms with Gasteiger partial charge >= 0.3 is 11.9 Å². The number of hydrogen-bond donors (Lipinski definition) is 1. The van der Waals surface area contributed by atoms with Crippen molar-refractivity contribution in [3.05, 3.63) is 102 Å². The van der Waals surface area contributed by atoms with E-state index in [1.54, 1.807) is 72.8 Å². The lowest BCUT2D eigenvalue weighted by atomic mass is 9.86. The van der Waals surface area contributed by atoms with Gasteiger partial charge in [-0.05, 0) is 48.4 Å². The lowest BCUT2D eigenvalue weighted by molar-refractivity contribution is -0.148. The fourth-order valence-electron chi connectivity index (χ4n) is 3.69. The summed E-state index contributed by atoms with van der Waals surface area (Å²) in [6, 6.07) is 24.4. The van der Waals surface area contributed by atoms with E-state index >= 15 is 0 Å². The van der Waals surface area contributed by atoms with Crippen LogP contribution in [0.4, 0.5) is 0 Å². The van der Waals surface area contributed by atoms with Crippen molar-refractivity contribution >= 4 is 17.8 Å². The van der Waals surface area contributed by atoms with Crippen molar-refractivity contribution in [3.8, 4) is 5.75 Å². The molecule has 0 aromatic heterocycles. The van der Waals surface area contributed by atoms with Crippen molar-refractivity contribution in [1.82, 2.24) is 5.32 Å². The standard InChI is InChI=1S/C27H27NO5/c1-3-18-27(26(31)32-2,28-24(29)21-10-6-4-7-11-21)19-20-14-16-23(17-15-20)33-25(30)22-12-8-5-9-13-22/h4-17H,3,18-19H2,1-2H3,(H,28,29)/t27-/m0/s1. The van der Waals surface area contributed by atoms with E-state index in [-0.39, 0.29) is 12.3 Å². The summed E-state index contributed by atoms with van der Waals surface area (Å²) in [4.78, 5) is 38.0. The Balaban J connectivity index is 1.79. The van der Waals surface area contributed by atoms with Crippen molar-refractivity contribution in [2.24, 2.45) is 0 Å². The zero-order valence-corrected chi connectivity index (χ0v) is 18.7. The van der Waals surface area contributed by atoms with E-state index < -0.39 is 17.5 Å². The van der Waals surface area contributed by atoms with Gasteiger partial charge in [0.1, 0.15) is 11.3 Å². The Morgan fingerprint density at radius 2 is 1.39 bits per heavy atom. The molecule has 0 spiro atoms. The second-order valence-electron chi connectivity index (χ2n) is 7.72. The average molecular weight is 446 g/mol. The topological polar surface area (TPSA) is 81.7 Å². The first-order valence-electron chi connectivity index (χ1n) is 10.8. The predicted octanol–water partition coefficient (Wildman–Crippen LogP) is 4.59. The van der Waals surface area contributed by atoms with Crippen LogP contribution in [0.3, 0.4) is 0 Å². The van der Waals surface area contributed by atoms with Gasteiger partial charge in [-0.15, -0.1) is 0 Å². The van der Waals surface area contributed by atoms with Crippen LogP contribution in [-0.2, 0) is 16.0 Å². The minimum absolute atomic E-state index is 0.235. The molecule has 0 fully saturated rings. The van der Waals surface area contributed by atoms with E-state index in [0.29, 0.717) is 29.7 Å². The number of carbonyl (C=O) groups is 3. The van der Waals surface area contributed by atoms with Crippen LogP contribution < -0.4 is 10.1 Å². The number of esters is 2. The number of hydrogen-bond acceptors (Lipinski definition) is 5. The maximum atomic E-state index is 12.9. The van der Waals surface area contributed by atoms with Crippen LogP contribution in [0.25, 0.3) is 0 Å². The molecule has 1 atom stereocenters. The van der Waals surface area contributed by atoms with Crippen LogP contribution in [-0.4, -0.2) is 30.5 Å². The SMILES string of the molecule is CCC[C@@](Cc1ccc(OC(=O)c2ccccc2)cc1)(NC(=O)c1ccccc1)C(=O)OC. The number of ether oxygens (including phenoxy) is 2. The maximum Gasteiger partial charge on any atom is 0.343 e. The Labute approximate surface area is 193 Å². The zero-order chi connectivity index (χ0) is 23.7. The van der Waals surface area contributed by atoms with Crippen LogP contribution in [0.5, 0.6) is 5.75 Å². The molecule has 0 saturated heterocycles. The highest BCUT2D eigenvalue weighted by Gasteiger charge is 2.40. The molecule has 3 aromatic carbocycles. The summed E-state index contributed by atoms with van der Waals surface area (Å²) in [6.07, 6.45) is 1.30. The van der Waals surface area contributed by atoms with E-state index in [1.807, 2.05) is 19.1 Å². The number of carbonyl (C=O) groups excluding carboxylic acids is 3. The molecule has 0 unspecified atom stereocenters. The highest BCUT2D eigenvalue weighted by atomic mass is 16.5. The van der Waals surface area contributed by atoms with Gasteiger partial charge in [0.2, 0.25) is 0 Å². The minimum Gasteiger partial charge on any atom is -0.467 e. The molecule has 0 saturated carbocycles. The second-order valence-corrected chi connectivity index (χ2v) is 7.72. The second kappa shape index (κ2) is 11.1.